The van der Waals surface area contributed by atoms with Gasteiger partial charge in [-0.15, -0.1) is 0 Å². The molecule has 0 atom stereocenters. The molecule has 0 spiro atoms. The van der Waals surface area contributed by atoms with Gasteiger partial charge in [0.2, 0.25) is 0 Å². The fraction of sp³-hybridized carbons (Fsp3) is 0.222. The van der Waals surface area contributed by atoms with Crippen LogP contribution in [0, 0.1) is 6.92 Å². The number of H-pyrrole nitrogens is 2. The Kier molecular flexibility index (Phi) is 3.61. The highest BCUT2D eigenvalue weighted by Gasteiger charge is 2.17. The Morgan fingerprint density at radius 2 is 1.96 bits per heavy atom. The van der Waals surface area contributed by atoms with Crippen molar-refractivity contribution in [3.05, 3.63) is 52.2 Å². The number of fused-ring (bicyclic) bond motifs is 2. The molecule has 0 saturated heterocycles. The summed E-state index contributed by atoms with van der Waals surface area (Å²) in [5.41, 5.74) is 3.59. The van der Waals surface area contributed by atoms with Gasteiger partial charge in [-0.2, -0.15) is 5.10 Å². The van der Waals surface area contributed by atoms with Crippen LogP contribution in [0.3, 0.4) is 0 Å². The topological polar surface area (TPSA) is 108 Å². The van der Waals surface area contributed by atoms with E-state index >= 15 is 0 Å². The van der Waals surface area contributed by atoms with E-state index in [4.69, 9.17) is 0 Å². The first-order chi connectivity index (χ1) is 12.4. The lowest BCUT2D eigenvalue weighted by Crippen LogP contribution is -2.13. The van der Waals surface area contributed by atoms with Gasteiger partial charge in [0.25, 0.3) is 5.91 Å². The summed E-state index contributed by atoms with van der Waals surface area (Å²) in [7, 11) is 0. The van der Waals surface area contributed by atoms with Gasteiger partial charge < -0.3 is 15.3 Å². The van der Waals surface area contributed by atoms with Crippen molar-refractivity contribution in [3.8, 4) is 0 Å². The number of nitrogens with zero attached hydrogens (tertiary/aromatic N) is 3. The number of pyridine rings is 1. The third-order valence-electron chi connectivity index (χ3n) is 4.20. The molecule has 0 saturated carbocycles. The normalized spacial score (nSPS) is 11.5. The van der Waals surface area contributed by atoms with E-state index in [1.807, 2.05) is 20.8 Å². The molecule has 4 aromatic rings. The number of aromatic nitrogens is 5. The van der Waals surface area contributed by atoms with Crippen LogP contribution in [0.1, 0.15) is 35.9 Å². The highest BCUT2D eigenvalue weighted by molar-refractivity contribution is 6.12. The summed E-state index contributed by atoms with van der Waals surface area (Å²) in [6.45, 7) is 5.89. The van der Waals surface area contributed by atoms with Gasteiger partial charge in [-0.3, -0.25) is 4.79 Å². The second kappa shape index (κ2) is 5.83. The van der Waals surface area contributed by atoms with Gasteiger partial charge in [0.1, 0.15) is 0 Å². The summed E-state index contributed by atoms with van der Waals surface area (Å²) in [5.74, 6) is -0.249. The predicted molar refractivity (Wildman–Crippen MR) is 99.5 cm³/mol. The van der Waals surface area contributed by atoms with Crippen molar-refractivity contribution in [2.45, 2.75) is 26.8 Å². The van der Waals surface area contributed by atoms with Crippen molar-refractivity contribution in [2.24, 2.45) is 0 Å². The lowest BCUT2D eigenvalue weighted by Gasteiger charge is -2.09. The molecule has 8 heteroatoms. The molecule has 132 valence electrons. The van der Waals surface area contributed by atoms with Gasteiger partial charge in [0, 0.05) is 17.4 Å². The number of hydrogen-bond donors (Lipinski definition) is 3. The zero-order chi connectivity index (χ0) is 18.4. The highest BCUT2D eigenvalue weighted by Crippen LogP contribution is 2.22. The summed E-state index contributed by atoms with van der Waals surface area (Å²) >= 11 is 0. The number of hydrogen-bond acceptors (Lipinski definition) is 4. The molecular weight excluding hydrogens is 332 g/mol. The predicted octanol–water partition coefficient (Wildman–Crippen LogP) is 2.74. The molecule has 0 radical (unpaired) electrons. The van der Waals surface area contributed by atoms with Crippen LogP contribution in [0.5, 0.6) is 0 Å². The number of amides is 1. The maximum Gasteiger partial charge on any atom is 0.323 e. The Morgan fingerprint density at radius 1 is 1.19 bits per heavy atom. The number of anilines is 1. The highest BCUT2D eigenvalue weighted by atomic mass is 16.2. The number of imidazole rings is 1. The molecule has 3 N–H and O–H groups in total. The second-order valence-electron chi connectivity index (χ2n) is 6.52. The van der Waals surface area contributed by atoms with Crippen molar-refractivity contribution in [1.29, 1.82) is 0 Å². The standard InChI is InChI=1S/C18H18N6O2/c1-9(2)24-16-13(8-19-24)12(6-10(3)20-16)17(25)21-11-4-5-14-15(7-11)23-18(26)22-14/h4-9H,1-3H3,(H,21,25)(H2,22,23,26). The molecule has 0 aliphatic carbocycles. The first-order valence-corrected chi connectivity index (χ1v) is 8.30. The molecular formula is C18H18N6O2. The zero-order valence-electron chi connectivity index (χ0n) is 14.6. The van der Waals surface area contributed by atoms with Gasteiger partial charge >= 0.3 is 5.69 Å². The van der Waals surface area contributed by atoms with Gasteiger partial charge in [0.15, 0.2) is 5.65 Å². The lowest BCUT2D eigenvalue weighted by molar-refractivity contribution is 0.102. The molecule has 0 aliphatic heterocycles. The van der Waals surface area contributed by atoms with Crippen molar-refractivity contribution in [2.75, 3.05) is 5.32 Å². The van der Waals surface area contributed by atoms with Crippen LogP contribution in [0.25, 0.3) is 22.1 Å². The minimum Gasteiger partial charge on any atom is -0.322 e. The third kappa shape index (κ3) is 2.65. The van der Waals surface area contributed by atoms with Gasteiger partial charge in [0.05, 0.1) is 28.2 Å². The Hall–Kier alpha value is -3.42. The van der Waals surface area contributed by atoms with E-state index in [9.17, 15) is 9.59 Å². The number of aryl methyl sites for hydroxylation is 1. The van der Waals surface area contributed by atoms with E-state index in [0.29, 0.717) is 33.3 Å². The van der Waals surface area contributed by atoms with Crippen molar-refractivity contribution in [1.82, 2.24) is 24.7 Å². The average molecular weight is 350 g/mol. The summed E-state index contributed by atoms with van der Waals surface area (Å²) in [4.78, 5) is 34.1. The molecule has 0 bridgehead atoms. The quantitative estimate of drug-likeness (QED) is 0.528. The summed E-state index contributed by atoms with van der Waals surface area (Å²) < 4.78 is 1.80. The van der Waals surface area contributed by atoms with Crippen molar-refractivity contribution in [3.63, 3.8) is 0 Å². The smallest absolute Gasteiger partial charge is 0.322 e. The number of benzene rings is 1. The maximum atomic E-state index is 12.8. The van der Waals surface area contributed by atoms with E-state index in [1.165, 1.54) is 0 Å². The number of carbonyl (C=O) groups excluding carboxylic acids is 1. The summed E-state index contributed by atoms with van der Waals surface area (Å²) in [6.07, 6.45) is 1.67. The first-order valence-electron chi connectivity index (χ1n) is 8.30. The fourth-order valence-electron chi connectivity index (χ4n) is 3.02. The first kappa shape index (κ1) is 16.1. The van der Waals surface area contributed by atoms with Crippen LogP contribution in [0.2, 0.25) is 0 Å². The minimum atomic E-state index is -0.281. The summed E-state index contributed by atoms with van der Waals surface area (Å²) in [6, 6.07) is 7.10. The molecule has 0 unspecified atom stereocenters. The largest absolute Gasteiger partial charge is 0.323 e. The van der Waals surface area contributed by atoms with E-state index < -0.39 is 0 Å². The molecule has 1 amide bonds. The summed E-state index contributed by atoms with van der Waals surface area (Å²) in [5, 5.41) is 7.94. The monoisotopic (exact) mass is 350 g/mol. The van der Waals surface area contributed by atoms with Crippen LogP contribution in [-0.4, -0.2) is 30.6 Å². The van der Waals surface area contributed by atoms with Crippen LogP contribution >= 0.6 is 0 Å². The Labute approximate surface area is 148 Å². The Bertz CT molecular complexity index is 1200. The maximum absolute atomic E-state index is 12.8. The zero-order valence-corrected chi connectivity index (χ0v) is 14.6. The van der Waals surface area contributed by atoms with E-state index in [1.54, 1.807) is 35.1 Å². The van der Waals surface area contributed by atoms with E-state index in [-0.39, 0.29) is 17.6 Å². The van der Waals surface area contributed by atoms with Crippen molar-refractivity contribution >= 4 is 33.7 Å². The average Bonchev–Trinajstić information content (AvgIpc) is 3.15. The number of aromatic amines is 2. The molecule has 0 fully saturated rings. The van der Waals surface area contributed by atoms with Crippen LogP contribution in [0.15, 0.2) is 35.3 Å². The fourth-order valence-corrected chi connectivity index (χ4v) is 3.02. The minimum absolute atomic E-state index is 0.144. The van der Waals surface area contributed by atoms with Crippen LogP contribution < -0.4 is 11.0 Å². The van der Waals surface area contributed by atoms with Crippen LogP contribution in [-0.2, 0) is 0 Å². The second-order valence-corrected chi connectivity index (χ2v) is 6.52. The van der Waals surface area contributed by atoms with Gasteiger partial charge in [-0.05, 0) is 45.0 Å². The Morgan fingerprint density at radius 3 is 2.73 bits per heavy atom. The number of carbonyl (C=O) groups is 1. The number of rotatable bonds is 3. The lowest BCUT2D eigenvalue weighted by atomic mass is 10.1. The molecule has 3 aromatic heterocycles. The Balaban J connectivity index is 1.74. The number of nitrogens with one attached hydrogen (secondary N) is 3. The molecule has 8 nitrogen and oxygen atoms in total. The van der Waals surface area contributed by atoms with Gasteiger partial charge in [-0.25, -0.2) is 14.5 Å². The molecule has 1 aromatic carbocycles. The van der Waals surface area contributed by atoms with E-state index in [2.05, 4.69) is 25.4 Å². The SMILES string of the molecule is Cc1cc(C(=O)Nc2ccc3[nH]c(=O)[nH]c3c2)c2cnn(C(C)C)c2n1. The third-order valence-corrected chi connectivity index (χ3v) is 4.20. The molecule has 26 heavy (non-hydrogen) atoms. The molecule has 4 rings (SSSR count). The van der Waals surface area contributed by atoms with Crippen molar-refractivity contribution < 1.29 is 4.79 Å². The van der Waals surface area contributed by atoms with Gasteiger partial charge in [-0.1, -0.05) is 0 Å². The molecule has 0 aliphatic rings. The van der Waals surface area contributed by atoms with Crippen LogP contribution in [0.4, 0.5) is 5.69 Å². The molecule has 3 heterocycles. The van der Waals surface area contributed by atoms with E-state index in [0.717, 1.165) is 5.69 Å².